The molecule has 0 aliphatic carbocycles. The molecule has 0 atom stereocenters. The molecule has 0 aliphatic heterocycles. The molecule has 0 N–H and O–H groups in total. The smallest absolute Gasteiger partial charge is 0.159 e. The van der Waals surface area contributed by atoms with E-state index < -0.39 is 0 Å². The first kappa shape index (κ1) is 15.4. The maximum atomic E-state index is 11.7. The number of hydrogen-bond acceptors (Lipinski definition) is 3. The zero-order chi connectivity index (χ0) is 16.6. The third-order valence-electron chi connectivity index (χ3n) is 4.20. The first-order chi connectivity index (χ1) is 11.0. The van der Waals surface area contributed by atoms with E-state index in [2.05, 4.69) is 4.57 Å². The van der Waals surface area contributed by atoms with Crippen molar-refractivity contribution in [3.8, 4) is 0 Å². The Morgan fingerprint density at radius 3 is 1.78 bits per heavy atom. The molecule has 0 radical (unpaired) electrons. The highest BCUT2D eigenvalue weighted by atomic mass is 16.5. The van der Waals surface area contributed by atoms with E-state index in [1.54, 1.807) is 21.0 Å². The van der Waals surface area contributed by atoms with E-state index >= 15 is 0 Å². The number of rotatable bonds is 5. The number of methoxy groups -OCH3 is 1. The number of nitrogens with zero attached hydrogens (tertiary/aromatic N) is 1. The lowest BCUT2D eigenvalue weighted by Crippen LogP contribution is -2.04. The third-order valence-corrected chi connectivity index (χ3v) is 4.20. The molecule has 4 heteroatoms. The zero-order valence-corrected chi connectivity index (χ0v) is 13.6. The minimum absolute atomic E-state index is 0.0415. The largest absolute Gasteiger partial charge is 0.383 e. The van der Waals surface area contributed by atoms with Crippen LogP contribution in [0.3, 0.4) is 0 Å². The first-order valence-electron chi connectivity index (χ1n) is 7.59. The molecule has 0 aliphatic rings. The molecule has 0 spiro atoms. The normalized spacial score (nSPS) is 11.3. The van der Waals surface area contributed by atoms with E-state index in [0.29, 0.717) is 24.3 Å². The Morgan fingerprint density at radius 1 is 0.913 bits per heavy atom. The van der Waals surface area contributed by atoms with Crippen LogP contribution in [0, 0.1) is 0 Å². The summed E-state index contributed by atoms with van der Waals surface area (Å²) >= 11 is 0. The van der Waals surface area contributed by atoms with Crippen LogP contribution in [0.5, 0.6) is 0 Å². The van der Waals surface area contributed by atoms with Gasteiger partial charge in [-0.2, -0.15) is 0 Å². The fourth-order valence-corrected chi connectivity index (χ4v) is 2.96. The van der Waals surface area contributed by atoms with Crippen molar-refractivity contribution in [1.29, 1.82) is 0 Å². The first-order valence-corrected chi connectivity index (χ1v) is 7.59. The van der Waals surface area contributed by atoms with Gasteiger partial charge >= 0.3 is 0 Å². The Hall–Kier alpha value is -2.46. The molecule has 1 aromatic heterocycles. The average Bonchev–Trinajstić information content (AvgIpc) is 2.85. The molecule has 0 saturated carbocycles. The summed E-state index contributed by atoms with van der Waals surface area (Å²) in [6.07, 6.45) is 0. The molecule has 23 heavy (non-hydrogen) atoms. The summed E-state index contributed by atoms with van der Waals surface area (Å²) in [6, 6.07) is 11.5. The second kappa shape index (κ2) is 5.97. The number of hydrogen-bond donors (Lipinski definition) is 0. The number of ether oxygens (including phenoxy) is 1. The molecule has 1 heterocycles. The number of carbonyl (C=O) groups is 2. The van der Waals surface area contributed by atoms with Crippen molar-refractivity contribution in [2.45, 2.75) is 20.4 Å². The maximum Gasteiger partial charge on any atom is 0.159 e. The quantitative estimate of drug-likeness (QED) is 0.673. The summed E-state index contributed by atoms with van der Waals surface area (Å²) in [5.41, 5.74) is 3.35. The van der Waals surface area contributed by atoms with Crippen molar-refractivity contribution in [2.75, 3.05) is 13.7 Å². The monoisotopic (exact) mass is 309 g/mol. The van der Waals surface area contributed by atoms with Gasteiger partial charge in [0.05, 0.1) is 6.61 Å². The van der Waals surface area contributed by atoms with Gasteiger partial charge in [-0.1, -0.05) is 24.3 Å². The fraction of sp³-hybridized carbons (Fsp3) is 0.263. The second-order valence-corrected chi connectivity index (χ2v) is 5.72. The van der Waals surface area contributed by atoms with Gasteiger partial charge < -0.3 is 9.30 Å². The molecule has 0 saturated heterocycles. The van der Waals surface area contributed by atoms with E-state index in [9.17, 15) is 9.59 Å². The predicted octanol–water partition coefficient (Wildman–Crippen LogP) is 3.85. The van der Waals surface area contributed by atoms with E-state index in [0.717, 1.165) is 21.8 Å². The summed E-state index contributed by atoms with van der Waals surface area (Å²) in [7, 11) is 1.66. The van der Waals surface area contributed by atoms with Crippen LogP contribution in [0.4, 0.5) is 0 Å². The maximum absolute atomic E-state index is 11.7. The van der Waals surface area contributed by atoms with E-state index in [-0.39, 0.29) is 11.6 Å². The summed E-state index contributed by atoms with van der Waals surface area (Å²) in [5.74, 6) is 0.0831. The highest BCUT2D eigenvalue weighted by Crippen LogP contribution is 2.30. The number of aromatic nitrogens is 1. The van der Waals surface area contributed by atoms with Gasteiger partial charge in [0, 0.05) is 46.6 Å². The van der Waals surface area contributed by atoms with Crippen LogP contribution in [0.15, 0.2) is 36.4 Å². The standard InChI is InChI=1S/C19H19NO3/c1-12(21)14-4-6-16-17-7-5-15(13(2)22)11-19(17)20(8-9-23-3)18(16)10-14/h4-7,10-11H,8-9H2,1-3H3. The van der Waals surface area contributed by atoms with Crippen molar-refractivity contribution < 1.29 is 14.3 Å². The van der Waals surface area contributed by atoms with Crippen LogP contribution < -0.4 is 0 Å². The SMILES string of the molecule is COCCn1c2cc(C(C)=O)ccc2c2ccc(C(C)=O)cc21. The van der Waals surface area contributed by atoms with Gasteiger partial charge in [-0.15, -0.1) is 0 Å². The van der Waals surface area contributed by atoms with Gasteiger partial charge in [-0.25, -0.2) is 0 Å². The van der Waals surface area contributed by atoms with Gasteiger partial charge in [0.2, 0.25) is 0 Å². The van der Waals surface area contributed by atoms with Gasteiger partial charge in [-0.05, 0) is 26.0 Å². The average molecular weight is 309 g/mol. The van der Waals surface area contributed by atoms with Gasteiger partial charge in [0.15, 0.2) is 11.6 Å². The molecule has 3 aromatic rings. The highest BCUT2D eigenvalue weighted by Gasteiger charge is 2.13. The number of benzene rings is 2. The minimum atomic E-state index is 0.0415. The van der Waals surface area contributed by atoms with E-state index in [4.69, 9.17) is 4.74 Å². The zero-order valence-electron chi connectivity index (χ0n) is 13.6. The highest BCUT2D eigenvalue weighted by molar-refractivity contribution is 6.11. The Labute approximate surface area is 134 Å². The molecule has 118 valence electrons. The molecule has 3 rings (SSSR count). The Bertz CT molecular complexity index is 850. The molecule has 0 unspecified atom stereocenters. The minimum Gasteiger partial charge on any atom is -0.383 e. The Morgan fingerprint density at radius 2 is 1.39 bits per heavy atom. The van der Waals surface area contributed by atoms with Crippen LogP contribution in [0.25, 0.3) is 21.8 Å². The molecular formula is C19H19NO3. The van der Waals surface area contributed by atoms with Gasteiger partial charge in [0.1, 0.15) is 0 Å². The van der Waals surface area contributed by atoms with Gasteiger partial charge in [0.25, 0.3) is 0 Å². The molecule has 4 nitrogen and oxygen atoms in total. The lowest BCUT2D eigenvalue weighted by atomic mass is 10.1. The van der Waals surface area contributed by atoms with Crippen LogP contribution in [-0.4, -0.2) is 29.9 Å². The lowest BCUT2D eigenvalue weighted by molar-refractivity contribution is 0.100. The summed E-state index contributed by atoms with van der Waals surface area (Å²) in [5, 5.41) is 2.16. The summed E-state index contributed by atoms with van der Waals surface area (Å²) < 4.78 is 7.33. The van der Waals surface area contributed by atoms with Crippen LogP contribution in [0.1, 0.15) is 34.6 Å². The molecule has 2 aromatic carbocycles. The number of ketones is 2. The summed E-state index contributed by atoms with van der Waals surface area (Å²) in [4.78, 5) is 23.4. The molecule has 0 fully saturated rings. The third kappa shape index (κ3) is 2.66. The van der Waals surface area contributed by atoms with Crippen molar-refractivity contribution in [3.63, 3.8) is 0 Å². The van der Waals surface area contributed by atoms with Crippen LogP contribution in [0.2, 0.25) is 0 Å². The van der Waals surface area contributed by atoms with E-state index in [1.165, 1.54) is 0 Å². The topological polar surface area (TPSA) is 48.3 Å². The number of Topliss-reactive ketones (excluding diaryl/α,β-unsaturated/α-hetero) is 2. The molecule has 0 amide bonds. The van der Waals surface area contributed by atoms with Gasteiger partial charge in [-0.3, -0.25) is 9.59 Å². The molecular weight excluding hydrogens is 290 g/mol. The van der Waals surface area contributed by atoms with Crippen LogP contribution >= 0.6 is 0 Å². The van der Waals surface area contributed by atoms with Crippen molar-refractivity contribution in [3.05, 3.63) is 47.5 Å². The Kier molecular flexibility index (Phi) is 4.01. The summed E-state index contributed by atoms with van der Waals surface area (Å²) in [6.45, 7) is 4.36. The van der Waals surface area contributed by atoms with Crippen molar-refractivity contribution in [1.82, 2.24) is 4.57 Å². The molecule has 0 bridgehead atoms. The van der Waals surface area contributed by atoms with Crippen molar-refractivity contribution in [2.24, 2.45) is 0 Å². The fourth-order valence-electron chi connectivity index (χ4n) is 2.96. The number of carbonyl (C=O) groups excluding carboxylic acids is 2. The predicted molar refractivity (Wildman–Crippen MR) is 91.3 cm³/mol. The van der Waals surface area contributed by atoms with Crippen LogP contribution in [-0.2, 0) is 11.3 Å². The lowest BCUT2D eigenvalue weighted by Gasteiger charge is -2.07. The second-order valence-electron chi connectivity index (χ2n) is 5.72. The van der Waals surface area contributed by atoms with Crippen molar-refractivity contribution >= 4 is 33.4 Å². The number of fused-ring (bicyclic) bond motifs is 3. The Balaban J connectivity index is 2.34. The van der Waals surface area contributed by atoms with E-state index in [1.807, 2.05) is 36.4 Å².